The van der Waals surface area contributed by atoms with Gasteiger partial charge in [-0.15, -0.1) is 11.3 Å². The quantitative estimate of drug-likeness (QED) is 0.734. The first-order chi connectivity index (χ1) is 7.48. The van der Waals surface area contributed by atoms with Gasteiger partial charge in [0.1, 0.15) is 0 Å². The third-order valence-corrected chi connectivity index (χ3v) is 4.29. The van der Waals surface area contributed by atoms with E-state index in [0.29, 0.717) is 11.3 Å². The average molecular weight is 237 g/mol. The first-order valence-electron chi connectivity index (χ1n) is 5.81. The zero-order valence-corrected chi connectivity index (χ0v) is 11.0. The van der Waals surface area contributed by atoms with Gasteiger partial charge in [0.2, 0.25) is 0 Å². The van der Waals surface area contributed by atoms with Crippen LogP contribution >= 0.6 is 11.3 Å². The van der Waals surface area contributed by atoms with Crippen LogP contribution in [0.2, 0.25) is 0 Å². The molecule has 1 unspecified atom stereocenters. The molecule has 2 heterocycles. The van der Waals surface area contributed by atoms with Gasteiger partial charge in [0.25, 0.3) is 5.91 Å². The third kappa shape index (κ3) is 2.29. The van der Waals surface area contributed by atoms with Crippen molar-refractivity contribution in [2.24, 2.45) is 11.3 Å². The Morgan fingerprint density at radius 2 is 2.25 bits per heavy atom. The molecule has 3 heteroatoms. The van der Waals surface area contributed by atoms with E-state index < -0.39 is 0 Å². The van der Waals surface area contributed by atoms with Gasteiger partial charge in [0.15, 0.2) is 0 Å². The number of nitrogens with zero attached hydrogens (tertiary/aromatic N) is 1. The normalized spacial score (nSPS) is 21.4. The molecular weight excluding hydrogens is 218 g/mol. The maximum absolute atomic E-state index is 12.1. The van der Waals surface area contributed by atoms with Gasteiger partial charge < -0.3 is 4.90 Å². The molecule has 1 aliphatic heterocycles. The molecule has 1 fully saturated rings. The van der Waals surface area contributed by atoms with Crippen molar-refractivity contribution in [3.63, 3.8) is 0 Å². The van der Waals surface area contributed by atoms with E-state index in [1.54, 1.807) is 0 Å². The third-order valence-electron chi connectivity index (χ3n) is 3.43. The lowest BCUT2D eigenvalue weighted by Gasteiger charge is -2.26. The Hall–Kier alpha value is -0.830. The molecule has 0 aliphatic carbocycles. The van der Waals surface area contributed by atoms with Gasteiger partial charge in [-0.3, -0.25) is 4.79 Å². The highest BCUT2D eigenvalue weighted by atomic mass is 32.1. The van der Waals surface area contributed by atoms with Crippen molar-refractivity contribution in [3.8, 4) is 0 Å². The van der Waals surface area contributed by atoms with Crippen LogP contribution in [0.1, 0.15) is 36.9 Å². The van der Waals surface area contributed by atoms with Crippen LogP contribution in [0.25, 0.3) is 0 Å². The molecule has 0 N–H and O–H groups in total. The van der Waals surface area contributed by atoms with Gasteiger partial charge in [-0.05, 0) is 29.2 Å². The Kier molecular flexibility index (Phi) is 3.06. The molecule has 1 aromatic heterocycles. The summed E-state index contributed by atoms with van der Waals surface area (Å²) >= 11 is 1.54. The number of rotatable bonds is 1. The molecule has 0 aromatic carbocycles. The van der Waals surface area contributed by atoms with E-state index in [2.05, 4.69) is 20.8 Å². The lowest BCUT2D eigenvalue weighted by molar-refractivity contribution is 0.0781. The summed E-state index contributed by atoms with van der Waals surface area (Å²) in [5, 5.41) is 1.96. The van der Waals surface area contributed by atoms with Crippen LogP contribution in [-0.2, 0) is 0 Å². The number of hydrogen-bond donors (Lipinski definition) is 0. The van der Waals surface area contributed by atoms with Crippen LogP contribution in [0.15, 0.2) is 17.5 Å². The largest absolute Gasteiger partial charge is 0.338 e. The molecule has 1 saturated heterocycles. The molecule has 0 spiro atoms. The number of carbonyl (C=O) groups excluding carboxylic acids is 1. The van der Waals surface area contributed by atoms with E-state index >= 15 is 0 Å². The zero-order valence-electron chi connectivity index (χ0n) is 10.2. The van der Waals surface area contributed by atoms with Gasteiger partial charge >= 0.3 is 0 Å². The van der Waals surface area contributed by atoms with Crippen molar-refractivity contribution in [2.75, 3.05) is 13.1 Å². The molecule has 2 nitrogen and oxygen atoms in total. The van der Waals surface area contributed by atoms with E-state index in [1.807, 2.05) is 22.4 Å². The van der Waals surface area contributed by atoms with Crippen LogP contribution in [0.3, 0.4) is 0 Å². The SMILES string of the molecule is CC(C)(C)C1CCN(C(=O)c2cccs2)C1. The highest BCUT2D eigenvalue weighted by Gasteiger charge is 2.34. The summed E-state index contributed by atoms with van der Waals surface area (Å²) in [4.78, 5) is 15.0. The first kappa shape index (κ1) is 11.6. The number of thiophene rings is 1. The minimum Gasteiger partial charge on any atom is -0.338 e. The van der Waals surface area contributed by atoms with Gasteiger partial charge in [0.05, 0.1) is 4.88 Å². The standard InChI is InChI=1S/C13H19NOS/c1-13(2,3)10-6-7-14(9-10)12(15)11-5-4-8-16-11/h4-5,8,10H,6-7,9H2,1-3H3. The van der Waals surface area contributed by atoms with E-state index in [9.17, 15) is 4.79 Å². The predicted molar refractivity (Wildman–Crippen MR) is 67.8 cm³/mol. The maximum Gasteiger partial charge on any atom is 0.263 e. The van der Waals surface area contributed by atoms with Crippen molar-refractivity contribution in [3.05, 3.63) is 22.4 Å². The van der Waals surface area contributed by atoms with Crippen LogP contribution < -0.4 is 0 Å². The van der Waals surface area contributed by atoms with Gasteiger partial charge in [-0.1, -0.05) is 26.8 Å². The van der Waals surface area contributed by atoms with Crippen molar-refractivity contribution >= 4 is 17.2 Å². The van der Waals surface area contributed by atoms with E-state index in [0.717, 1.165) is 24.4 Å². The topological polar surface area (TPSA) is 20.3 Å². The number of likely N-dealkylation sites (tertiary alicyclic amines) is 1. The minimum absolute atomic E-state index is 0.210. The summed E-state index contributed by atoms with van der Waals surface area (Å²) in [6, 6.07) is 3.85. The fourth-order valence-electron chi connectivity index (χ4n) is 2.21. The lowest BCUT2D eigenvalue weighted by Crippen LogP contribution is -2.30. The predicted octanol–water partition coefficient (Wildman–Crippen LogP) is 3.26. The number of hydrogen-bond acceptors (Lipinski definition) is 2. The summed E-state index contributed by atoms with van der Waals surface area (Å²) in [5.41, 5.74) is 0.310. The summed E-state index contributed by atoms with van der Waals surface area (Å²) in [6.07, 6.45) is 1.14. The molecule has 1 aliphatic rings. The molecule has 88 valence electrons. The summed E-state index contributed by atoms with van der Waals surface area (Å²) in [7, 11) is 0. The van der Waals surface area contributed by atoms with Crippen molar-refractivity contribution in [1.82, 2.24) is 4.90 Å². The highest BCUT2D eigenvalue weighted by Crippen LogP contribution is 2.34. The molecule has 0 bridgehead atoms. The van der Waals surface area contributed by atoms with Gasteiger partial charge in [-0.2, -0.15) is 0 Å². The van der Waals surface area contributed by atoms with Crippen molar-refractivity contribution in [2.45, 2.75) is 27.2 Å². The molecular formula is C13H19NOS. The average Bonchev–Trinajstić information content (AvgIpc) is 2.87. The smallest absolute Gasteiger partial charge is 0.263 e. The van der Waals surface area contributed by atoms with Crippen molar-refractivity contribution < 1.29 is 4.79 Å². The molecule has 0 radical (unpaired) electrons. The van der Waals surface area contributed by atoms with Gasteiger partial charge in [0, 0.05) is 13.1 Å². The molecule has 0 saturated carbocycles. The molecule has 2 rings (SSSR count). The second kappa shape index (κ2) is 4.21. The second-order valence-electron chi connectivity index (χ2n) is 5.58. The fraction of sp³-hybridized carbons (Fsp3) is 0.615. The Morgan fingerprint density at radius 1 is 1.50 bits per heavy atom. The van der Waals surface area contributed by atoms with Crippen LogP contribution in [0, 0.1) is 11.3 Å². The lowest BCUT2D eigenvalue weighted by atomic mass is 9.80. The maximum atomic E-state index is 12.1. The first-order valence-corrected chi connectivity index (χ1v) is 6.69. The summed E-state index contributed by atoms with van der Waals surface area (Å²) < 4.78 is 0. The van der Waals surface area contributed by atoms with E-state index in [4.69, 9.17) is 0 Å². The molecule has 16 heavy (non-hydrogen) atoms. The molecule has 1 aromatic rings. The number of carbonyl (C=O) groups is 1. The second-order valence-corrected chi connectivity index (χ2v) is 6.53. The van der Waals surface area contributed by atoms with Crippen LogP contribution in [0.5, 0.6) is 0 Å². The molecule has 1 amide bonds. The Morgan fingerprint density at radius 3 is 2.75 bits per heavy atom. The molecule has 1 atom stereocenters. The monoisotopic (exact) mass is 237 g/mol. The Bertz CT molecular complexity index is 364. The van der Waals surface area contributed by atoms with Crippen LogP contribution in [-0.4, -0.2) is 23.9 Å². The van der Waals surface area contributed by atoms with Crippen LogP contribution in [0.4, 0.5) is 0 Å². The van der Waals surface area contributed by atoms with E-state index in [-0.39, 0.29) is 5.91 Å². The van der Waals surface area contributed by atoms with Gasteiger partial charge in [-0.25, -0.2) is 0 Å². The minimum atomic E-state index is 0.210. The summed E-state index contributed by atoms with van der Waals surface area (Å²) in [5.74, 6) is 0.846. The Balaban J connectivity index is 2.02. The highest BCUT2D eigenvalue weighted by molar-refractivity contribution is 7.12. The summed E-state index contributed by atoms with van der Waals surface area (Å²) in [6.45, 7) is 8.61. The fourth-order valence-corrected chi connectivity index (χ4v) is 2.90. The number of amides is 1. The van der Waals surface area contributed by atoms with Crippen molar-refractivity contribution in [1.29, 1.82) is 0 Å². The van der Waals surface area contributed by atoms with E-state index in [1.165, 1.54) is 11.3 Å². The zero-order chi connectivity index (χ0) is 11.8. The Labute approximate surface area is 101 Å².